The largest absolute Gasteiger partial charge is 0.340 e. The summed E-state index contributed by atoms with van der Waals surface area (Å²) < 4.78 is 0. The van der Waals surface area contributed by atoms with Crippen LogP contribution in [0.1, 0.15) is 51.0 Å². The lowest BCUT2D eigenvalue weighted by molar-refractivity contribution is -0.138. The summed E-state index contributed by atoms with van der Waals surface area (Å²) in [7, 11) is 0. The Morgan fingerprint density at radius 3 is 2.52 bits per heavy atom. The standard InChI is InChI=1S/C22H34N4O/c1-2-26(21-5-6-21)22(27)19-4-3-13-25(17-19)20-9-14-24(15-10-20)16-18-7-11-23-12-8-18/h7-8,11-12,19-21H,2-6,9-10,13-17H2,1H3/t19-/m1/s1. The van der Waals surface area contributed by atoms with E-state index >= 15 is 0 Å². The fraction of sp³-hybridized carbons (Fsp3) is 0.727. The first-order valence-electron chi connectivity index (χ1n) is 10.9. The third-order valence-corrected chi connectivity index (χ3v) is 6.64. The van der Waals surface area contributed by atoms with Crippen LogP contribution in [0.2, 0.25) is 0 Å². The molecule has 0 unspecified atom stereocenters. The third kappa shape index (κ3) is 4.69. The fourth-order valence-corrected chi connectivity index (χ4v) is 4.94. The summed E-state index contributed by atoms with van der Waals surface area (Å²) in [4.78, 5) is 24.4. The van der Waals surface area contributed by atoms with E-state index in [4.69, 9.17) is 0 Å². The first kappa shape index (κ1) is 18.9. The number of piperidine rings is 2. The third-order valence-electron chi connectivity index (χ3n) is 6.64. The van der Waals surface area contributed by atoms with E-state index in [-0.39, 0.29) is 5.92 Å². The minimum atomic E-state index is 0.231. The van der Waals surface area contributed by atoms with Crippen molar-refractivity contribution in [3.8, 4) is 0 Å². The van der Waals surface area contributed by atoms with Crippen LogP contribution in [-0.2, 0) is 11.3 Å². The summed E-state index contributed by atoms with van der Waals surface area (Å²) in [6.07, 6.45) is 10.9. The monoisotopic (exact) mass is 370 g/mol. The number of carbonyl (C=O) groups excluding carboxylic acids is 1. The number of pyridine rings is 1. The fourth-order valence-electron chi connectivity index (χ4n) is 4.94. The first-order chi connectivity index (χ1) is 13.2. The van der Waals surface area contributed by atoms with Gasteiger partial charge in [0, 0.05) is 44.1 Å². The van der Waals surface area contributed by atoms with Gasteiger partial charge in [0.05, 0.1) is 5.92 Å². The Balaban J connectivity index is 1.27. The molecule has 1 aromatic rings. The lowest BCUT2D eigenvalue weighted by Gasteiger charge is -2.42. The van der Waals surface area contributed by atoms with Crippen LogP contribution in [0.25, 0.3) is 0 Å². The van der Waals surface area contributed by atoms with Gasteiger partial charge in [-0.3, -0.25) is 19.6 Å². The van der Waals surface area contributed by atoms with E-state index < -0.39 is 0 Å². The Bertz CT molecular complexity index is 610. The minimum Gasteiger partial charge on any atom is -0.340 e. The van der Waals surface area contributed by atoms with E-state index in [1.165, 1.54) is 44.2 Å². The van der Waals surface area contributed by atoms with Gasteiger partial charge in [-0.05, 0) is 82.8 Å². The highest BCUT2D eigenvalue weighted by Gasteiger charge is 2.37. The summed E-state index contributed by atoms with van der Waals surface area (Å²) in [5.74, 6) is 0.661. The molecule has 148 valence electrons. The van der Waals surface area contributed by atoms with Crippen molar-refractivity contribution < 1.29 is 4.79 Å². The Morgan fingerprint density at radius 2 is 1.85 bits per heavy atom. The van der Waals surface area contributed by atoms with Crippen molar-refractivity contribution in [2.75, 3.05) is 32.7 Å². The van der Waals surface area contributed by atoms with Gasteiger partial charge < -0.3 is 4.90 Å². The van der Waals surface area contributed by atoms with E-state index in [1.54, 1.807) is 0 Å². The van der Waals surface area contributed by atoms with Gasteiger partial charge in [-0.15, -0.1) is 0 Å². The summed E-state index contributed by atoms with van der Waals surface area (Å²) in [6.45, 7) is 8.52. The molecule has 2 saturated heterocycles. The molecule has 1 saturated carbocycles. The predicted molar refractivity (Wildman–Crippen MR) is 107 cm³/mol. The smallest absolute Gasteiger partial charge is 0.227 e. The Morgan fingerprint density at radius 1 is 1.11 bits per heavy atom. The van der Waals surface area contributed by atoms with Gasteiger partial charge in [0.1, 0.15) is 0 Å². The van der Waals surface area contributed by atoms with Gasteiger partial charge in [0.15, 0.2) is 0 Å². The van der Waals surface area contributed by atoms with Gasteiger partial charge in [-0.25, -0.2) is 0 Å². The van der Waals surface area contributed by atoms with Crippen LogP contribution in [0.5, 0.6) is 0 Å². The van der Waals surface area contributed by atoms with Crippen LogP contribution in [0.3, 0.4) is 0 Å². The number of hydrogen-bond donors (Lipinski definition) is 0. The number of likely N-dealkylation sites (tertiary alicyclic amines) is 2. The highest BCUT2D eigenvalue weighted by molar-refractivity contribution is 5.79. The predicted octanol–water partition coefficient (Wildman–Crippen LogP) is 2.77. The Labute approximate surface area is 163 Å². The van der Waals surface area contributed by atoms with Crippen LogP contribution in [0.4, 0.5) is 0 Å². The van der Waals surface area contributed by atoms with E-state index in [0.29, 0.717) is 18.0 Å². The van der Waals surface area contributed by atoms with Crippen molar-refractivity contribution in [2.24, 2.45) is 5.92 Å². The average molecular weight is 371 g/mol. The molecular weight excluding hydrogens is 336 g/mol. The van der Waals surface area contributed by atoms with Crippen molar-refractivity contribution >= 4 is 5.91 Å². The van der Waals surface area contributed by atoms with Crippen LogP contribution in [0.15, 0.2) is 24.5 Å². The molecule has 2 aliphatic heterocycles. The van der Waals surface area contributed by atoms with Gasteiger partial charge in [0.25, 0.3) is 0 Å². The maximum absolute atomic E-state index is 13.0. The number of amides is 1. The van der Waals surface area contributed by atoms with Crippen LogP contribution in [0, 0.1) is 5.92 Å². The molecular formula is C22H34N4O. The molecule has 0 radical (unpaired) electrons. The van der Waals surface area contributed by atoms with E-state index in [0.717, 1.165) is 39.1 Å². The molecule has 3 fully saturated rings. The minimum absolute atomic E-state index is 0.231. The van der Waals surface area contributed by atoms with Crippen molar-refractivity contribution in [3.63, 3.8) is 0 Å². The molecule has 27 heavy (non-hydrogen) atoms. The zero-order chi connectivity index (χ0) is 18.6. The molecule has 0 aromatic carbocycles. The van der Waals surface area contributed by atoms with Crippen molar-refractivity contribution in [2.45, 2.75) is 64.1 Å². The van der Waals surface area contributed by atoms with Crippen LogP contribution < -0.4 is 0 Å². The van der Waals surface area contributed by atoms with E-state index in [1.807, 2.05) is 12.4 Å². The van der Waals surface area contributed by atoms with Gasteiger partial charge >= 0.3 is 0 Å². The molecule has 1 aromatic heterocycles. The molecule has 1 aliphatic carbocycles. The molecule has 4 rings (SSSR count). The molecule has 5 nitrogen and oxygen atoms in total. The maximum atomic E-state index is 13.0. The topological polar surface area (TPSA) is 39.7 Å². The summed E-state index contributed by atoms with van der Waals surface area (Å²) in [6, 6.07) is 5.44. The van der Waals surface area contributed by atoms with Crippen molar-refractivity contribution in [1.82, 2.24) is 19.7 Å². The number of rotatable bonds is 6. The molecule has 1 atom stereocenters. The molecule has 3 heterocycles. The SMILES string of the molecule is CCN(C(=O)[C@@H]1CCCN(C2CCN(Cc3ccncc3)CC2)C1)C1CC1. The molecule has 0 spiro atoms. The summed E-state index contributed by atoms with van der Waals surface area (Å²) in [5, 5.41) is 0. The second-order valence-electron chi connectivity index (χ2n) is 8.55. The lowest BCUT2D eigenvalue weighted by atomic mass is 9.92. The maximum Gasteiger partial charge on any atom is 0.227 e. The summed E-state index contributed by atoms with van der Waals surface area (Å²) >= 11 is 0. The van der Waals surface area contributed by atoms with E-state index in [2.05, 4.69) is 38.7 Å². The number of hydrogen-bond acceptors (Lipinski definition) is 4. The summed E-state index contributed by atoms with van der Waals surface area (Å²) in [5.41, 5.74) is 1.35. The normalized spacial score (nSPS) is 25.4. The molecule has 5 heteroatoms. The van der Waals surface area contributed by atoms with E-state index in [9.17, 15) is 4.79 Å². The zero-order valence-corrected chi connectivity index (χ0v) is 16.7. The molecule has 3 aliphatic rings. The van der Waals surface area contributed by atoms with Crippen molar-refractivity contribution in [3.05, 3.63) is 30.1 Å². The zero-order valence-electron chi connectivity index (χ0n) is 16.7. The molecule has 1 amide bonds. The number of aromatic nitrogens is 1. The number of nitrogens with zero attached hydrogens (tertiary/aromatic N) is 4. The van der Waals surface area contributed by atoms with Gasteiger partial charge in [0.2, 0.25) is 5.91 Å². The highest BCUT2D eigenvalue weighted by atomic mass is 16.2. The second-order valence-corrected chi connectivity index (χ2v) is 8.55. The van der Waals surface area contributed by atoms with Crippen LogP contribution >= 0.6 is 0 Å². The quantitative estimate of drug-likeness (QED) is 0.772. The number of carbonyl (C=O) groups is 1. The van der Waals surface area contributed by atoms with Gasteiger partial charge in [-0.1, -0.05) is 0 Å². The van der Waals surface area contributed by atoms with Gasteiger partial charge in [-0.2, -0.15) is 0 Å². The molecule has 0 bridgehead atoms. The average Bonchev–Trinajstić information content (AvgIpc) is 3.55. The second kappa shape index (κ2) is 8.70. The molecule has 0 N–H and O–H groups in total. The lowest BCUT2D eigenvalue weighted by Crippen LogP contribution is -2.51. The highest BCUT2D eigenvalue weighted by Crippen LogP contribution is 2.31. The Hall–Kier alpha value is -1.46. The first-order valence-corrected chi connectivity index (χ1v) is 10.9. The van der Waals surface area contributed by atoms with Crippen LogP contribution in [-0.4, -0.2) is 70.4 Å². The Kier molecular flexibility index (Phi) is 6.08. The van der Waals surface area contributed by atoms with Crippen molar-refractivity contribution in [1.29, 1.82) is 0 Å².